The Bertz CT molecular complexity index is 1000. The lowest BCUT2D eigenvalue weighted by Gasteiger charge is -2.35. The van der Waals surface area contributed by atoms with Gasteiger partial charge in [0.25, 0.3) is 11.8 Å². The molecular formula is C25H28FN3O4. The molecule has 1 atom stereocenters. The molecule has 1 N–H and O–H groups in total. The molecule has 2 fully saturated rings. The van der Waals surface area contributed by atoms with Crippen molar-refractivity contribution in [3.63, 3.8) is 0 Å². The Hall–Kier alpha value is -3.26. The summed E-state index contributed by atoms with van der Waals surface area (Å²) in [5, 5.41) is 2.98. The first-order chi connectivity index (χ1) is 16.0. The van der Waals surface area contributed by atoms with Crippen LogP contribution >= 0.6 is 0 Å². The fraction of sp³-hybridized carbons (Fsp3) is 0.400. The zero-order valence-corrected chi connectivity index (χ0v) is 18.6. The summed E-state index contributed by atoms with van der Waals surface area (Å²) in [5.41, 5.74) is 0.968. The molecule has 0 aliphatic carbocycles. The van der Waals surface area contributed by atoms with Crippen LogP contribution in [0.4, 0.5) is 10.1 Å². The van der Waals surface area contributed by atoms with Crippen LogP contribution in [0.25, 0.3) is 0 Å². The lowest BCUT2D eigenvalue weighted by atomic mass is 10.0. The molecule has 4 rings (SSSR count). The summed E-state index contributed by atoms with van der Waals surface area (Å²) in [6.07, 6.45) is 2.40. The van der Waals surface area contributed by atoms with Crippen LogP contribution in [0.1, 0.15) is 43.0 Å². The van der Waals surface area contributed by atoms with E-state index in [1.807, 2.05) is 11.8 Å². The van der Waals surface area contributed by atoms with E-state index in [0.29, 0.717) is 49.5 Å². The van der Waals surface area contributed by atoms with E-state index in [2.05, 4.69) is 5.32 Å². The normalized spacial score (nSPS) is 19.7. The fourth-order valence-electron chi connectivity index (χ4n) is 4.31. The Labute approximate surface area is 192 Å². The van der Waals surface area contributed by atoms with Crippen molar-refractivity contribution in [3.05, 3.63) is 59.9 Å². The van der Waals surface area contributed by atoms with E-state index in [-0.39, 0.29) is 36.0 Å². The standard InChI is InChI=1S/C25H28FN3O4/c1-2-15-33-21-9-7-20(8-10-21)29-23(30)16-22(25(29)32)28-13-11-19(12-14-28)27-24(31)17-3-5-18(26)6-4-17/h3-10,19,22H,2,11-16H2,1H3,(H,27,31)/t22-/m0/s1. The van der Waals surface area contributed by atoms with Gasteiger partial charge < -0.3 is 10.1 Å². The molecule has 174 valence electrons. The quantitative estimate of drug-likeness (QED) is 0.652. The second kappa shape index (κ2) is 10.1. The van der Waals surface area contributed by atoms with E-state index in [1.165, 1.54) is 29.2 Å². The maximum Gasteiger partial charge on any atom is 0.251 e. The molecule has 2 heterocycles. The predicted molar refractivity (Wildman–Crippen MR) is 122 cm³/mol. The molecule has 7 nitrogen and oxygen atoms in total. The summed E-state index contributed by atoms with van der Waals surface area (Å²) in [5.74, 6) is -0.334. The average molecular weight is 454 g/mol. The smallest absolute Gasteiger partial charge is 0.251 e. The number of hydrogen-bond acceptors (Lipinski definition) is 5. The van der Waals surface area contributed by atoms with Crippen LogP contribution in [0, 0.1) is 5.82 Å². The van der Waals surface area contributed by atoms with Crippen molar-refractivity contribution in [2.75, 3.05) is 24.6 Å². The molecule has 8 heteroatoms. The van der Waals surface area contributed by atoms with E-state index < -0.39 is 6.04 Å². The van der Waals surface area contributed by atoms with Gasteiger partial charge in [0.15, 0.2) is 0 Å². The predicted octanol–water partition coefficient (Wildman–Crippen LogP) is 3.14. The number of piperidine rings is 1. The molecule has 2 aliphatic heterocycles. The molecule has 0 spiro atoms. The van der Waals surface area contributed by atoms with Crippen molar-refractivity contribution >= 4 is 23.4 Å². The Morgan fingerprint density at radius 2 is 1.73 bits per heavy atom. The molecule has 3 amide bonds. The van der Waals surface area contributed by atoms with Gasteiger partial charge >= 0.3 is 0 Å². The van der Waals surface area contributed by atoms with Gasteiger partial charge in [-0.05, 0) is 67.8 Å². The SMILES string of the molecule is CCCOc1ccc(N2C(=O)C[C@H](N3CCC(NC(=O)c4ccc(F)cc4)CC3)C2=O)cc1. The third-order valence-corrected chi connectivity index (χ3v) is 6.10. The number of anilines is 1. The van der Waals surface area contributed by atoms with Gasteiger partial charge in [0.1, 0.15) is 11.6 Å². The first-order valence-corrected chi connectivity index (χ1v) is 11.4. The van der Waals surface area contributed by atoms with E-state index in [1.54, 1.807) is 24.3 Å². The third kappa shape index (κ3) is 5.22. The monoisotopic (exact) mass is 453 g/mol. The maximum atomic E-state index is 13.1. The van der Waals surface area contributed by atoms with E-state index >= 15 is 0 Å². The summed E-state index contributed by atoms with van der Waals surface area (Å²) in [6.45, 7) is 3.85. The first kappa shape index (κ1) is 22.9. The minimum atomic E-state index is -0.484. The van der Waals surface area contributed by atoms with Crippen LogP contribution in [-0.4, -0.2) is 54.4 Å². The molecule has 0 aromatic heterocycles. The molecule has 0 saturated carbocycles. The highest BCUT2D eigenvalue weighted by Gasteiger charge is 2.43. The summed E-state index contributed by atoms with van der Waals surface area (Å²) in [7, 11) is 0. The van der Waals surface area contributed by atoms with Gasteiger partial charge in [0.05, 0.1) is 24.8 Å². The number of carbonyl (C=O) groups is 3. The Morgan fingerprint density at radius 3 is 2.36 bits per heavy atom. The molecule has 0 bridgehead atoms. The third-order valence-electron chi connectivity index (χ3n) is 6.10. The van der Waals surface area contributed by atoms with Crippen LogP contribution in [0.15, 0.2) is 48.5 Å². The Kier molecular flexibility index (Phi) is 7.03. The van der Waals surface area contributed by atoms with E-state index in [9.17, 15) is 18.8 Å². The zero-order chi connectivity index (χ0) is 23.4. The van der Waals surface area contributed by atoms with Gasteiger partial charge in [-0.2, -0.15) is 0 Å². The van der Waals surface area contributed by atoms with Crippen LogP contribution < -0.4 is 15.0 Å². The number of likely N-dealkylation sites (tertiary alicyclic amines) is 1. The zero-order valence-electron chi connectivity index (χ0n) is 18.6. The maximum absolute atomic E-state index is 13.1. The highest BCUT2D eigenvalue weighted by molar-refractivity contribution is 6.22. The second-order valence-corrected chi connectivity index (χ2v) is 8.42. The molecule has 2 aliphatic rings. The van der Waals surface area contributed by atoms with Crippen molar-refractivity contribution in [1.29, 1.82) is 0 Å². The van der Waals surface area contributed by atoms with Gasteiger partial charge in [-0.25, -0.2) is 9.29 Å². The largest absolute Gasteiger partial charge is 0.494 e. The molecule has 33 heavy (non-hydrogen) atoms. The molecule has 2 aromatic carbocycles. The van der Waals surface area contributed by atoms with Crippen LogP contribution in [0.5, 0.6) is 5.75 Å². The van der Waals surface area contributed by atoms with Gasteiger partial charge in [0, 0.05) is 24.7 Å². The average Bonchev–Trinajstić information content (AvgIpc) is 3.12. The van der Waals surface area contributed by atoms with Crippen molar-refractivity contribution in [3.8, 4) is 5.75 Å². The summed E-state index contributed by atoms with van der Waals surface area (Å²) in [6, 6.07) is 11.9. The van der Waals surface area contributed by atoms with Crippen molar-refractivity contribution in [2.24, 2.45) is 0 Å². The van der Waals surface area contributed by atoms with Crippen molar-refractivity contribution < 1.29 is 23.5 Å². The second-order valence-electron chi connectivity index (χ2n) is 8.42. The van der Waals surface area contributed by atoms with Gasteiger partial charge in [-0.1, -0.05) is 6.92 Å². The van der Waals surface area contributed by atoms with Gasteiger partial charge in [-0.15, -0.1) is 0 Å². The number of imide groups is 1. The molecular weight excluding hydrogens is 425 g/mol. The van der Waals surface area contributed by atoms with Crippen molar-refractivity contribution in [1.82, 2.24) is 10.2 Å². The minimum Gasteiger partial charge on any atom is -0.494 e. The van der Waals surface area contributed by atoms with E-state index in [0.717, 1.165) is 6.42 Å². The molecule has 0 unspecified atom stereocenters. The number of hydrogen-bond donors (Lipinski definition) is 1. The fourth-order valence-corrected chi connectivity index (χ4v) is 4.31. The summed E-state index contributed by atoms with van der Waals surface area (Å²) >= 11 is 0. The number of halogens is 1. The number of nitrogens with zero attached hydrogens (tertiary/aromatic N) is 2. The minimum absolute atomic E-state index is 0.0298. The summed E-state index contributed by atoms with van der Waals surface area (Å²) in [4.78, 5) is 41.4. The lowest BCUT2D eigenvalue weighted by Crippen LogP contribution is -2.50. The van der Waals surface area contributed by atoms with E-state index in [4.69, 9.17) is 4.74 Å². The number of benzene rings is 2. The Balaban J connectivity index is 1.32. The number of amides is 3. The van der Waals surface area contributed by atoms with Crippen LogP contribution in [-0.2, 0) is 9.59 Å². The molecule has 2 aromatic rings. The highest BCUT2D eigenvalue weighted by Crippen LogP contribution is 2.29. The highest BCUT2D eigenvalue weighted by atomic mass is 19.1. The summed E-state index contributed by atoms with van der Waals surface area (Å²) < 4.78 is 18.6. The number of ether oxygens (including phenoxy) is 1. The van der Waals surface area contributed by atoms with Gasteiger partial charge in [-0.3, -0.25) is 19.3 Å². The lowest BCUT2D eigenvalue weighted by molar-refractivity contribution is -0.123. The number of rotatable bonds is 7. The number of carbonyl (C=O) groups excluding carboxylic acids is 3. The molecule has 2 saturated heterocycles. The first-order valence-electron chi connectivity index (χ1n) is 11.4. The number of nitrogens with one attached hydrogen (secondary N) is 1. The van der Waals surface area contributed by atoms with Gasteiger partial charge in [0.2, 0.25) is 5.91 Å². The molecule has 0 radical (unpaired) electrons. The van der Waals surface area contributed by atoms with Crippen LogP contribution in [0.3, 0.4) is 0 Å². The Morgan fingerprint density at radius 1 is 1.06 bits per heavy atom. The van der Waals surface area contributed by atoms with Crippen molar-refractivity contribution in [2.45, 2.75) is 44.7 Å². The van der Waals surface area contributed by atoms with Crippen LogP contribution in [0.2, 0.25) is 0 Å². The topological polar surface area (TPSA) is 79.0 Å².